The molecular weight excluding hydrogens is 530 g/mol. The molecule has 1 aliphatic rings. The van der Waals surface area contributed by atoms with Crippen molar-refractivity contribution in [3.05, 3.63) is 65.2 Å². The van der Waals surface area contributed by atoms with Crippen LogP contribution < -0.4 is 24.3 Å². The van der Waals surface area contributed by atoms with Crippen molar-refractivity contribution in [3.8, 4) is 40.2 Å². The van der Waals surface area contributed by atoms with Crippen LogP contribution in [0.2, 0.25) is 0 Å². The molecule has 3 aromatic rings. The molecule has 0 bridgehead atoms. The predicted octanol–water partition coefficient (Wildman–Crippen LogP) is 3.63. The highest BCUT2D eigenvalue weighted by Gasteiger charge is 2.35. The highest BCUT2D eigenvalue weighted by atomic mass is 32.2. The van der Waals surface area contributed by atoms with E-state index in [1.54, 1.807) is 30.4 Å². The van der Waals surface area contributed by atoms with Gasteiger partial charge in [-0.25, -0.2) is 8.42 Å². The van der Waals surface area contributed by atoms with Crippen molar-refractivity contribution < 1.29 is 47.5 Å². The number of phenolic OH excluding ortho intramolecular Hbond substituents is 3. The van der Waals surface area contributed by atoms with Gasteiger partial charge in [0.25, 0.3) is 0 Å². The van der Waals surface area contributed by atoms with Crippen molar-refractivity contribution >= 4 is 27.2 Å². The van der Waals surface area contributed by atoms with Gasteiger partial charge in [0.05, 0.1) is 20.8 Å². The zero-order chi connectivity index (χ0) is 28.3. The van der Waals surface area contributed by atoms with Crippen molar-refractivity contribution in [1.82, 2.24) is 5.32 Å². The third-order valence-electron chi connectivity index (χ3n) is 5.85. The minimum Gasteiger partial charge on any atom is -0.508 e. The summed E-state index contributed by atoms with van der Waals surface area (Å²) in [5.74, 6) is 0.579. The van der Waals surface area contributed by atoms with Gasteiger partial charge in [-0.2, -0.15) is 0 Å². The van der Waals surface area contributed by atoms with E-state index in [0.29, 0.717) is 28.2 Å². The van der Waals surface area contributed by atoms with Gasteiger partial charge in [-0.05, 0) is 47.5 Å². The summed E-state index contributed by atoms with van der Waals surface area (Å²) in [7, 11) is -1.22. The number of sulfone groups is 1. The first-order valence-electron chi connectivity index (χ1n) is 11.6. The first kappa shape index (κ1) is 27.5. The zero-order valence-electron chi connectivity index (χ0n) is 21.2. The molecule has 0 fully saturated rings. The van der Waals surface area contributed by atoms with E-state index in [-0.39, 0.29) is 35.3 Å². The molecule has 0 unspecified atom stereocenters. The van der Waals surface area contributed by atoms with Crippen LogP contribution in [0.1, 0.15) is 22.8 Å². The van der Waals surface area contributed by atoms with Gasteiger partial charge in [-0.3, -0.25) is 4.79 Å². The lowest BCUT2D eigenvalue weighted by molar-refractivity contribution is 0.0216. The number of benzene rings is 3. The quantitative estimate of drug-likeness (QED) is 0.316. The molecule has 1 heterocycles. The second kappa shape index (κ2) is 11.0. The molecule has 0 aromatic heterocycles. The maximum Gasteiger partial charge on any atom is 0.336 e. The number of methoxy groups -OCH3 is 2. The SMILES string of the molecule is COc1cc([C@@H]2Oc3cc(/C=C/c4cc(O)cc(O)c4)ccc3O[C@H]2CNC(=O)S(C)(=O)=O)cc(OC)c1O. The van der Waals surface area contributed by atoms with Gasteiger partial charge in [0.15, 0.2) is 35.2 Å². The number of hydrogen-bond acceptors (Lipinski definition) is 10. The van der Waals surface area contributed by atoms with Crippen LogP contribution in [-0.2, 0) is 9.84 Å². The van der Waals surface area contributed by atoms with Crippen molar-refractivity contribution in [2.45, 2.75) is 12.2 Å². The topological polar surface area (TPSA) is 161 Å². The van der Waals surface area contributed by atoms with Gasteiger partial charge in [-0.1, -0.05) is 18.2 Å². The number of fused-ring (bicyclic) bond motifs is 1. The lowest BCUT2D eigenvalue weighted by atomic mass is 10.0. The van der Waals surface area contributed by atoms with Gasteiger partial charge in [0.1, 0.15) is 11.5 Å². The first-order chi connectivity index (χ1) is 18.5. The second-order valence-corrected chi connectivity index (χ2v) is 10.6. The summed E-state index contributed by atoms with van der Waals surface area (Å²) in [5.41, 5.74) is 1.76. The summed E-state index contributed by atoms with van der Waals surface area (Å²) in [5, 5.41) is 30.9. The number of rotatable bonds is 7. The van der Waals surface area contributed by atoms with Crippen LogP contribution in [0.25, 0.3) is 12.2 Å². The molecule has 0 radical (unpaired) electrons. The van der Waals surface area contributed by atoms with Gasteiger partial charge in [0.2, 0.25) is 15.6 Å². The molecule has 4 N–H and O–H groups in total. The van der Waals surface area contributed by atoms with Crippen LogP contribution in [0.4, 0.5) is 4.79 Å². The van der Waals surface area contributed by atoms with E-state index in [9.17, 15) is 28.5 Å². The highest BCUT2D eigenvalue weighted by molar-refractivity contribution is 8.05. The fourth-order valence-electron chi connectivity index (χ4n) is 3.99. The van der Waals surface area contributed by atoms with Crippen molar-refractivity contribution in [2.24, 2.45) is 0 Å². The molecule has 4 rings (SSSR count). The van der Waals surface area contributed by atoms with E-state index in [4.69, 9.17) is 18.9 Å². The molecule has 0 spiro atoms. The normalized spacial score (nSPS) is 16.6. The molecule has 0 saturated heterocycles. The standard InChI is InChI=1S/C27H27NO10S/c1-35-22-11-17(12-23(36-2)25(22)31)26-24(14-28-27(32)39(3,33)34)37-20-7-6-15(10-21(20)38-26)4-5-16-8-18(29)13-19(30)9-16/h4-13,24,26,29-31H,14H2,1-3H3,(H,28,32)/b5-4+/t24-,26-/m0/s1. The average molecular weight is 558 g/mol. The average Bonchev–Trinajstić information content (AvgIpc) is 2.89. The smallest absolute Gasteiger partial charge is 0.336 e. The van der Waals surface area contributed by atoms with Crippen LogP contribution in [0, 0.1) is 0 Å². The van der Waals surface area contributed by atoms with Crippen LogP contribution in [0.3, 0.4) is 0 Å². The third-order valence-corrected chi connectivity index (χ3v) is 6.66. The van der Waals surface area contributed by atoms with Crippen molar-refractivity contribution in [2.75, 3.05) is 27.0 Å². The minimum absolute atomic E-state index is 0.0755. The lowest BCUT2D eigenvalue weighted by Gasteiger charge is -2.34. The highest BCUT2D eigenvalue weighted by Crippen LogP contribution is 2.44. The molecule has 0 aliphatic carbocycles. The van der Waals surface area contributed by atoms with Gasteiger partial charge in [0, 0.05) is 17.9 Å². The third kappa shape index (κ3) is 6.29. The molecular formula is C27H27NO10S. The summed E-state index contributed by atoms with van der Waals surface area (Å²) in [6, 6.07) is 12.4. The molecule has 1 aliphatic heterocycles. The van der Waals surface area contributed by atoms with E-state index in [2.05, 4.69) is 5.32 Å². The molecule has 2 atom stereocenters. The van der Waals surface area contributed by atoms with E-state index in [0.717, 1.165) is 6.26 Å². The molecule has 3 aromatic carbocycles. The van der Waals surface area contributed by atoms with E-state index < -0.39 is 27.3 Å². The van der Waals surface area contributed by atoms with Crippen molar-refractivity contribution in [1.29, 1.82) is 0 Å². The van der Waals surface area contributed by atoms with Gasteiger partial charge >= 0.3 is 5.24 Å². The van der Waals surface area contributed by atoms with Gasteiger partial charge < -0.3 is 39.6 Å². The Morgan fingerprint density at radius 2 is 1.51 bits per heavy atom. The lowest BCUT2D eigenvalue weighted by Crippen LogP contribution is -2.44. The molecule has 0 saturated carbocycles. The molecule has 11 nitrogen and oxygen atoms in total. The number of carbonyl (C=O) groups is 1. The Labute approximate surface area is 224 Å². The maximum atomic E-state index is 12.0. The van der Waals surface area contributed by atoms with Crippen molar-refractivity contribution in [3.63, 3.8) is 0 Å². The van der Waals surface area contributed by atoms with E-state index >= 15 is 0 Å². The second-order valence-electron chi connectivity index (χ2n) is 8.73. The molecule has 206 valence electrons. The number of hydrogen-bond donors (Lipinski definition) is 4. The van der Waals surface area contributed by atoms with E-state index in [1.165, 1.54) is 44.6 Å². The molecule has 39 heavy (non-hydrogen) atoms. The fraction of sp³-hybridized carbons (Fsp3) is 0.222. The Morgan fingerprint density at radius 3 is 2.10 bits per heavy atom. The number of phenols is 3. The fourth-order valence-corrected chi connectivity index (χ4v) is 4.33. The van der Waals surface area contributed by atoms with Crippen LogP contribution >= 0.6 is 0 Å². The summed E-state index contributed by atoms with van der Waals surface area (Å²) in [4.78, 5) is 12.0. The van der Waals surface area contributed by atoms with Gasteiger partial charge in [-0.15, -0.1) is 0 Å². The molecule has 12 heteroatoms. The number of ether oxygens (including phenoxy) is 4. The predicted molar refractivity (Wildman–Crippen MR) is 142 cm³/mol. The summed E-state index contributed by atoms with van der Waals surface area (Å²) >= 11 is 0. The maximum absolute atomic E-state index is 12.0. The summed E-state index contributed by atoms with van der Waals surface area (Å²) < 4.78 is 46.2. The Bertz CT molecular complexity index is 1490. The van der Waals surface area contributed by atoms with Crippen LogP contribution in [0.15, 0.2) is 48.5 Å². The number of carbonyl (C=O) groups excluding carboxylic acids is 1. The minimum atomic E-state index is -3.97. The number of nitrogens with one attached hydrogen (secondary N) is 1. The number of amides is 1. The first-order valence-corrected chi connectivity index (χ1v) is 13.5. The molecule has 1 amide bonds. The largest absolute Gasteiger partial charge is 0.508 e. The monoisotopic (exact) mass is 557 g/mol. The summed E-state index contributed by atoms with van der Waals surface area (Å²) in [6.07, 6.45) is 2.51. The summed E-state index contributed by atoms with van der Waals surface area (Å²) in [6.45, 7) is -0.204. The van der Waals surface area contributed by atoms with Crippen LogP contribution in [0.5, 0.6) is 40.2 Å². The number of aromatic hydroxyl groups is 3. The Hall–Kier alpha value is -4.58. The zero-order valence-corrected chi connectivity index (χ0v) is 22.1. The van der Waals surface area contributed by atoms with Crippen LogP contribution in [-0.4, -0.2) is 62.1 Å². The Balaban J connectivity index is 1.69. The van der Waals surface area contributed by atoms with E-state index in [1.807, 2.05) is 0 Å². The Morgan fingerprint density at radius 1 is 0.897 bits per heavy atom. The Kier molecular flexibility index (Phi) is 7.77.